The fourth-order valence-corrected chi connectivity index (χ4v) is 1.93. The van der Waals surface area contributed by atoms with Crippen LogP contribution in [0.3, 0.4) is 0 Å². The maximum Gasteiger partial charge on any atom is 0.347 e. The summed E-state index contributed by atoms with van der Waals surface area (Å²) in [4.78, 5) is 23.5. The molecule has 22 heavy (non-hydrogen) atoms. The van der Waals surface area contributed by atoms with Gasteiger partial charge in [-0.15, -0.1) is 0 Å². The van der Waals surface area contributed by atoms with Crippen LogP contribution in [0.15, 0.2) is 42.5 Å². The second-order valence-corrected chi connectivity index (χ2v) is 4.69. The number of rotatable bonds is 4. The molecule has 0 radical (unpaired) electrons. The van der Waals surface area contributed by atoms with Gasteiger partial charge in [0.1, 0.15) is 17.1 Å². The summed E-state index contributed by atoms with van der Waals surface area (Å²) < 4.78 is 14.9. The quantitative estimate of drug-likeness (QED) is 0.638. The van der Waals surface area contributed by atoms with Crippen molar-refractivity contribution >= 4 is 23.5 Å². The van der Waals surface area contributed by atoms with Gasteiger partial charge >= 0.3 is 11.9 Å². The molecule has 0 spiro atoms. The van der Waals surface area contributed by atoms with Gasteiger partial charge in [0.05, 0.1) is 19.8 Å². The molecule has 0 amide bonds. The third-order valence-corrected chi connectivity index (χ3v) is 3.10. The average Bonchev–Trinajstić information content (AvgIpc) is 2.54. The van der Waals surface area contributed by atoms with Crippen LogP contribution in [0.4, 0.5) is 0 Å². The number of ether oxygens (including phenoxy) is 3. The summed E-state index contributed by atoms with van der Waals surface area (Å²) in [6.45, 7) is 0. The fourth-order valence-electron chi connectivity index (χ4n) is 1.77. The van der Waals surface area contributed by atoms with E-state index in [-0.39, 0.29) is 5.56 Å². The molecule has 0 heterocycles. The lowest BCUT2D eigenvalue weighted by atomic mass is 10.2. The number of hydrogen-bond donors (Lipinski definition) is 0. The molecule has 0 atom stereocenters. The van der Waals surface area contributed by atoms with E-state index in [4.69, 9.17) is 21.1 Å². The monoisotopic (exact) mass is 320 g/mol. The van der Waals surface area contributed by atoms with Gasteiger partial charge in [0.15, 0.2) is 0 Å². The zero-order valence-electron chi connectivity index (χ0n) is 12.0. The highest BCUT2D eigenvalue weighted by molar-refractivity contribution is 6.30. The third kappa shape index (κ3) is 3.56. The highest BCUT2D eigenvalue weighted by Gasteiger charge is 2.15. The molecule has 0 aliphatic carbocycles. The Labute approximate surface area is 132 Å². The topological polar surface area (TPSA) is 61.8 Å². The number of hydrogen-bond acceptors (Lipinski definition) is 5. The molecule has 0 unspecified atom stereocenters. The van der Waals surface area contributed by atoms with Gasteiger partial charge < -0.3 is 14.2 Å². The van der Waals surface area contributed by atoms with Crippen molar-refractivity contribution in [3.8, 4) is 11.5 Å². The predicted octanol–water partition coefficient (Wildman–Crippen LogP) is 3.35. The zero-order valence-corrected chi connectivity index (χ0v) is 12.7. The molecule has 114 valence electrons. The van der Waals surface area contributed by atoms with Crippen LogP contribution in [-0.4, -0.2) is 26.2 Å². The van der Waals surface area contributed by atoms with E-state index in [9.17, 15) is 9.59 Å². The fraction of sp³-hybridized carbons (Fsp3) is 0.125. The Morgan fingerprint density at radius 1 is 0.955 bits per heavy atom. The van der Waals surface area contributed by atoms with E-state index in [1.807, 2.05) is 0 Å². The standard InChI is InChI=1S/C16H13ClO5/c1-20-14-9-11(17)5-8-13(14)16(19)22-12-6-3-10(4-7-12)15(18)21-2/h3-9H,1-2H3. The molecule has 0 aliphatic heterocycles. The number of benzene rings is 2. The van der Waals surface area contributed by atoms with Crippen molar-refractivity contribution in [1.82, 2.24) is 0 Å². The molecule has 2 aromatic rings. The minimum absolute atomic E-state index is 0.254. The van der Waals surface area contributed by atoms with Crippen molar-refractivity contribution in [3.05, 3.63) is 58.6 Å². The molecule has 2 rings (SSSR count). The SMILES string of the molecule is COC(=O)c1ccc(OC(=O)c2ccc(Cl)cc2OC)cc1. The molecular weight excluding hydrogens is 308 g/mol. The maximum absolute atomic E-state index is 12.1. The minimum atomic E-state index is -0.584. The van der Waals surface area contributed by atoms with Crippen LogP contribution in [0.25, 0.3) is 0 Å². The van der Waals surface area contributed by atoms with Gasteiger partial charge in [0.25, 0.3) is 0 Å². The second kappa shape index (κ2) is 6.95. The molecule has 5 nitrogen and oxygen atoms in total. The van der Waals surface area contributed by atoms with Gasteiger partial charge in [0, 0.05) is 5.02 Å². The number of esters is 2. The summed E-state index contributed by atoms with van der Waals surface area (Å²) in [5.41, 5.74) is 0.621. The van der Waals surface area contributed by atoms with Gasteiger partial charge in [-0.1, -0.05) is 11.6 Å². The van der Waals surface area contributed by atoms with Crippen LogP contribution in [0.1, 0.15) is 20.7 Å². The predicted molar refractivity (Wildman–Crippen MR) is 80.7 cm³/mol. The van der Waals surface area contributed by atoms with E-state index in [1.165, 1.54) is 50.6 Å². The Morgan fingerprint density at radius 3 is 2.23 bits per heavy atom. The Bertz CT molecular complexity index is 694. The largest absolute Gasteiger partial charge is 0.496 e. The van der Waals surface area contributed by atoms with Gasteiger partial charge in [0.2, 0.25) is 0 Å². The van der Waals surface area contributed by atoms with Gasteiger partial charge in [-0.3, -0.25) is 0 Å². The summed E-state index contributed by atoms with van der Waals surface area (Å²) in [5, 5.41) is 0.454. The van der Waals surface area contributed by atoms with E-state index in [1.54, 1.807) is 6.07 Å². The molecule has 0 saturated carbocycles. The van der Waals surface area contributed by atoms with Crippen molar-refractivity contribution in [2.45, 2.75) is 0 Å². The van der Waals surface area contributed by atoms with Crippen molar-refractivity contribution in [1.29, 1.82) is 0 Å². The first-order chi connectivity index (χ1) is 10.5. The highest BCUT2D eigenvalue weighted by atomic mass is 35.5. The van der Waals surface area contributed by atoms with Crippen LogP contribution in [0, 0.1) is 0 Å². The normalized spacial score (nSPS) is 9.95. The Kier molecular flexibility index (Phi) is 5.01. The van der Waals surface area contributed by atoms with Gasteiger partial charge in [-0.2, -0.15) is 0 Å². The Hall–Kier alpha value is -2.53. The van der Waals surface area contributed by atoms with E-state index in [0.717, 1.165) is 0 Å². The van der Waals surface area contributed by atoms with Gasteiger partial charge in [-0.25, -0.2) is 9.59 Å². The summed E-state index contributed by atoms with van der Waals surface area (Å²) in [5.74, 6) is -0.421. The van der Waals surface area contributed by atoms with E-state index in [2.05, 4.69) is 4.74 Å². The molecule has 0 saturated heterocycles. The molecule has 2 aromatic carbocycles. The van der Waals surface area contributed by atoms with Crippen LogP contribution in [0.2, 0.25) is 5.02 Å². The number of carbonyl (C=O) groups is 2. The first-order valence-electron chi connectivity index (χ1n) is 6.29. The summed E-state index contributed by atoms with van der Waals surface area (Å²) in [6.07, 6.45) is 0. The summed E-state index contributed by atoms with van der Waals surface area (Å²) in [6, 6.07) is 10.6. The molecule has 0 N–H and O–H groups in total. The summed E-state index contributed by atoms with van der Waals surface area (Å²) >= 11 is 5.85. The lowest BCUT2D eigenvalue weighted by molar-refractivity contribution is 0.0600. The van der Waals surface area contributed by atoms with Crippen LogP contribution in [0.5, 0.6) is 11.5 Å². The second-order valence-electron chi connectivity index (χ2n) is 4.25. The van der Waals surface area contributed by atoms with Gasteiger partial charge in [-0.05, 0) is 42.5 Å². The zero-order chi connectivity index (χ0) is 16.1. The average molecular weight is 321 g/mol. The Morgan fingerprint density at radius 2 is 1.64 bits per heavy atom. The third-order valence-electron chi connectivity index (χ3n) is 2.87. The number of halogens is 1. The first kappa shape index (κ1) is 15.9. The Balaban J connectivity index is 2.17. The van der Waals surface area contributed by atoms with Crippen molar-refractivity contribution in [2.24, 2.45) is 0 Å². The van der Waals surface area contributed by atoms with Crippen LogP contribution >= 0.6 is 11.6 Å². The smallest absolute Gasteiger partial charge is 0.347 e. The molecule has 0 aliphatic rings. The van der Waals surface area contributed by atoms with E-state index < -0.39 is 11.9 Å². The molecule has 0 aromatic heterocycles. The molecule has 0 bridgehead atoms. The van der Waals surface area contributed by atoms with Crippen molar-refractivity contribution in [2.75, 3.05) is 14.2 Å². The van der Waals surface area contributed by atoms with E-state index in [0.29, 0.717) is 22.1 Å². The number of carbonyl (C=O) groups excluding carboxylic acids is 2. The minimum Gasteiger partial charge on any atom is -0.496 e. The molecule has 0 fully saturated rings. The van der Waals surface area contributed by atoms with Crippen molar-refractivity contribution < 1.29 is 23.8 Å². The molecule has 6 heteroatoms. The maximum atomic E-state index is 12.1. The number of methoxy groups -OCH3 is 2. The lowest BCUT2D eigenvalue weighted by Crippen LogP contribution is -2.10. The molecular formula is C16H13ClO5. The van der Waals surface area contributed by atoms with Crippen molar-refractivity contribution in [3.63, 3.8) is 0 Å². The van der Waals surface area contributed by atoms with E-state index >= 15 is 0 Å². The summed E-state index contributed by atoms with van der Waals surface area (Å²) in [7, 11) is 2.73. The van der Waals surface area contributed by atoms with Crippen LogP contribution in [-0.2, 0) is 4.74 Å². The lowest BCUT2D eigenvalue weighted by Gasteiger charge is -2.09. The highest BCUT2D eigenvalue weighted by Crippen LogP contribution is 2.24. The first-order valence-corrected chi connectivity index (χ1v) is 6.67. The van der Waals surface area contributed by atoms with Crippen LogP contribution < -0.4 is 9.47 Å².